The van der Waals surface area contributed by atoms with Gasteiger partial charge in [-0.1, -0.05) is 23.7 Å². The molecule has 0 aliphatic carbocycles. The van der Waals surface area contributed by atoms with Gasteiger partial charge in [0.05, 0.1) is 0 Å². The molecule has 0 saturated carbocycles. The third-order valence-electron chi connectivity index (χ3n) is 3.57. The van der Waals surface area contributed by atoms with Crippen molar-refractivity contribution in [1.29, 1.82) is 0 Å². The van der Waals surface area contributed by atoms with Gasteiger partial charge in [-0.15, -0.1) is 0 Å². The first-order valence-corrected chi connectivity index (χ1v) is 7.18. The van der Waals surface area contributed by atoms with Gasteiger partial charge in [0, 0.05) is 30.4 Å². The maximum atomic E-state index is 5.92. The van der Waals surface area contributed by atoms with Crippen LogP contribution in [0, 0.1) is 0 Å². The van der Waals surface area contributed by atoms with Crippen molar-refractivity contribution in [2.45, 2.75) is 25.9 Å². The Labute approximate surface area is 125 Å². The Morgan fingerprint density at radius 2 is 2.00 bits per heavy atom. The van der Waals surface area contributed by atoms with Crippen molar-refractivity contribution < 1.29 is 0 Å². The van der Waals surface area contributed by atoms with Crippen molar-refractivity contribution in [2.24, 2.45) is 0 Å². The molecule has 0 saturated heterocycles. The van der Waals surface area contributed by atoms with Gasteiger partial charge in [0.2, 0.25) is 0 Å². The van der Waals surface area contributed by atoms with Crippen LogP contribution in [-0.2, 0) is 6.54 Å². The molecule has 5 heteroatoms. The second-order valence-corrected chi connectivity index (χ2v) is 5.50. The highest BCUT2D eigenvalue weighted by Crippen LogP contribution is 2.20. The highest BCUT2D eigenvalue weighted by Gasteiger charge is 2.11. The van der Waals surface area contributed by atoms with Crippen molar-refractivity contribution in [3.8, 4) is 0 Å². The molecular formula is C15H21ClN4. The van der Waals surface area contributed by atoms with Gasteiger partial charge in [-0.05, 0) is 44.2 Å². The third-order valence-corrected chi connectivity index (χ3v) is 3.82. The van der Waals surface area contributed by atoms with E-state index in [1.807, 2.05) is 29.1 Å². The van der Waals surface area contributed by atoms with Gasteiger partial charge in [0.25, 0.3) is 0 Å². The van der Waals surface area contributed by atoms with Crippen LogP contribution in [0.3, 0.4) is 0 Å². The van der Waals surface area contributed by atoms with Crippen LogP contribution in [0.1, 0.15) is 24.9 Å². The fourth-order valence-electron chi connectivity index (χ4n) is 2.17. The van der Waals surface area contributed by atoms with Crippen LogP contribution in [0.4, 0.5) is 5.82 Å². The van der Waals surface area contributed by atoms with Gasteiger partial charge in [0.15, 0.2) is 0 Å². The second kappa shape index (κ2) is 6.77. The Bertz CT molecular complexity index is 535. The number of nitrogens with zero attached hydrogens (tertiary/aromatic N) is 3. The molecule has 1 aromatic carbocycles. The molecule has 0 spiro atoms. The smallest absolute Gasteiger partial charge is 0.145 e. The lowest BCUT2D eigenvalue weighted by atomic mass is 10.1. The Morgan fingerprint density at radius 1 is 1.30 bits per heavy atom. The minimum atomic E-state index is 0.370. The zero-order valence-corrected chi connectivity index (χ0v) is 12.7. The van der Waals surface area contributed by atoms with Gasteiger partial charge >= 0.3 is 0 Å². The van der Waals surface area contributed by atoms with Gasteiger partial charge in [0.1, 0.15) is 5.82 Å². The van der Waals surface area contributed by atoms with E-state index in [0.717, 1.165) is 24.5 Å². The average molecular weight is 293 g/mol. The van der Waals surface area contributed by atoms with Crippen molar-refractivity contribution >= 4 is 17.4 Å². The Kier molecular flexibility index (Phi) is 5.04. The Morgan fingerprint density at radius 3 is 2.60 bits per heavy atom. The van der Waals surface area contributed by atoms with E-state index in [1.165, 1.54) is 5.56 Å². The third kappa shape index (κ3) is 3.99. The van der Waals surface area contributed by atoms with E-state index in [9.17, 15) is 0 Å². The van der Waals surface area contributed by atoms with Gasteiger partial charge < -0.3 is 5.73 Å². The zero-order valence-electron chi connectivity index (χ0n) is 12.0. The Balaban J connectivity index is 1.81. The molecule has 108 valence electrons. The van der Waals surface area contributed by atoms with Crippen LogP contribution in [0.15, 0.2) is 36.5 Å². The molecule has 2 rings (SSSR count). The van der Waals surface area contributed by atoms with E-state index in [4.69, 9.17) is 17.3 Å². The molecule has 4 nitrogen and oxygen atoms in total. The first-order chi connectivity index (χ1) is 9.56. The van der Waals surface area contributed by atoms with E-state index >= 15 is 0 Å². The lowest BCUT2D eigenvalue weighted by Crippen LogP contribution is -2.24. The molecule has 0 aliphatic heterocycles. The predicted molar refractivity (Wildman–Crippen MR) is 83.8 cm³/mol. The van der Waals surface area contributed by atoms with Crippen LogP contribution in [-0.4, -0.2) is 28.3 Å². The lowest BCUT2D eigenvalue weighted by Gasteiger charge is -2.25. The van der Waals surface area contributed by atoms with E-state index in [0.29, 0.717) is 11.9 Å². The molecule has 0 amide bonds. The Hall–Kier alpha value is -1.52. The highest BCUT2D eigenvalue weighted by molar-refractivity contribution is 6.30. The number of anilines is 1. The van der Waals surface area contributed by atoms with Crippen LogP contribution in [0.2, 0.25) is 5.02 Å². The monoisotopic (exact) mass is 292 g/mol. The van der Waals surface area contributed by atoms with Crippen LogP contribution >= 0.6 is 11.6 Å². The first kappa shape index (κ1) is 14.9. The summed E-state index contributed by atoms with van der Waals surface area (Å²) in [5.74, 6) is 0.577. The molecular weight excluding hydrogens is 272 g/mol. The number of aryl methyl sites for hydroxylation is 1. The van der Waals surface area contributed by atoms with Crippen molar-refractivity contribution in [2.75, 3.05) is 19.3 Å². The highest BCUT2D eigenvalue weighted by atomic mass is 35.5. The predicted octanol–water partition coefficient (Wildman–Crippen LogP) is 3.20. The summed E-state index contributed by atoms with van der Waals surface area (Å²) in [6.45, 7) is 4.09. The van der Waals surface area contributed by atoms with Crippen LogP contribution in [0.5, 0.6) is 0 Å². The molecule has 0 radical (unpaired) electrons. The minimum Gasteiger partial charge on any atom is -0.382 e. The van der Waals surface area contributed by atoms with E-state index < -0.39 is 0 Å². The summed E-state index contributed by atoms with van der Waals surface area (Å²) in [5, 5.41) is 4.96. The number of hydrogen-bond acceptors (Lipinski definition) is 3. The molecule has 0 aliphatic rings. The second-order valence-electron chi connectivity index (χ2n) is 5.07. The molecule has 1 heterocycles. The zero-order chi connectivity index (χ0) is 14.5. The van der Waals surface area contributed by atoms with Crippen molar-refractivity contribution in [1.82, 2.24) is 14.7 Å². The molecule has 2 N–H and O–H groups in total. The number of aromatic nitrogens is 2. The van der Waals surface area contributed by atoms with E-state index in [2.05, 4.69) is 36.1 Å². The van der Waals surface area contributed by atoms with Crippen molar-refractivity contribution in [3.05, 3.63) is 47.1 Å². The summed E-state index contributed by atoms with van der Waals surface area (Å²) in [5.41, 5.74) is 6.87. The number of benzene rings is 1. The quantitative estimate of drug-likeness (QED) is 0.889. The molecule has 1 aromatic heterocycles. The standard InChI is InChI=1S/C15H21ClN4/c1-12(13-4-6-14(16)7-5-13)19(2)9-3-10-20-11-8-15(17)18-20/h4-8,11-12H,3,9-10H2,1-2H3,(H2,17,18). The summed E-state index contributed by atoms with van der Waals surface area (Å²) in [6.07, 6.45) is 2.95. The van der Waals surface area contributed by atoms with Crippen LogP contribution in [0.25, 0.3) is 0 Å². The molecule has 1 unspecified atom stereocenters. The maximum Gasteiger partial charge on any atom is 0.145 e. The number of halogens is 1. The van der Waals surface area contributed by atoms with Gasteiger partial charge in [-0.2, -0.15) is 5.10 Å². The topological polar surface area (TPSA) is 47.1 Å². The summed E-state index contributed by atoms with van der Waals surface area (Å²) in [7, 11) is 2.14. The number of rotatable bonds is 6. The van der Waals surface area contributed by atoms with Crippen LogP contribution < -0.4 is 5.73 Å². The maximum absolute atomic E-state index is 5.92. The first-order valence-electron chi connectivity index (χ1n) is 6.81. The van der Waals surface area contributed by atoms with Gasteiger partial charge in [-0.25, -0.2) is 0 Å². The molecule has 1 atom stereocenters. The lowest BCUT2D eigenvalue weighted by molar-refractivity contribution is 0.252. The molecule has 0 fully saturated rings. The minimum absolute atomic E-state index is 0.370. The van der Waals surface area contributed by atoms with E-state index in [1.54, 1.807) is 0 Å². The number of nitrogens with two attached hydrogens (primary N) is 1. The fourth-order valence-corrected chi connectivity index (χ4v) is 2.30. The summed E-state index contributed by atoms with van der Waals surface area (Å²) >= 11 is 5.92. The molecule has 0 bridgehead atoms. The summed E-state index contributed by atoms with van der Waals surface area (Å²) in [6, 6.07) is 10.2. The summed E-state index contributed by atoms with van der Waals surface area (Å²) < 4.78 is 1.89. The van der Waals surface area contributed by atoms with Gasteiger partial charge in [-0.3, -0.25) is 9.58 Å². The van der Waals surface area contributed by atoms with Crippen molar-refractivity contribution in [3.63, 3.8) is 0 Å². The normalized spacial score (nSPS) is 12.8. The fraction of sp³-hybridized carbons (Fsp3) is 0.400. The molecule has 2 aromatic rings. The van der Waals surface area contributed by atoms with E-state index in [-0.39, 0.29) is 0 Å². The largest absolute Gasteiger partial charge is 0.382 e. The SMILES string of the molecule is CC(c1ccc(Cl)cc1)N(C)CCCn1ccc(N)n1. The average Bonchev–Trinajstić information content (AvgIpc) is 2.84. The number of hydrogen-bond donors (Lipinski definition) is 1. The molecule has 20 heavy (non-hydrogen) atoms. The number of nitrogen functional groups attached to an aromatic ring is 1. The summed E-state index contributed by atoms with van der Waals surface area (Å²) in [4.78, 5) is 2.33.